The van der Waals surface area contributed by atoms with Gasteiger partial charge < -0.3 is 19.8 Å². The average molecular weight is 507 g/mol. The number of ketones is 1. The number of nitrogen functional groups attached to an aromatic ring is 1. The van der Waals surface area contributed by atoms with E-state index in [4.69, 9.17) is 14.9 Å². The smallest absolute Gasteiger partial charge is 0.197 e. The van der Waals surface area contributed by atoms with E-state index in [-0.39, 0.29) is 5.78 Å². The molecule has 0 bridgehead atoms. The zero-order valence-corrected chi connectivity index (χ0v) is 23.4. The van der Waals surface area contributed by atoms with Crippen molar-refractivity contribution in [3.63, 3.8) is 0 Å². The number of nitrogens with zero attached hydrogens (tertiary/aromatic N) is 1. The van der Waals surface area contributed by atoms with Crippen LogP contribution in [0.4, 0.5) is 5.69 Å². The number of furan rings is 1. The Morgan fingerprint density at radius 2 is 1.62 bits per heavy atom. The van der Waals surface area contributed by atoms with Crippen LogP contribution >= 0.6 is 0 Å². The Labute approximate surface area is 223 Å². The Morgan fingerprint density at radius 1 is 0.946 bits per heavy atom. The molecule has 0 radical (unpaired) electrons. The minimum Gasteiger partial charge on any atom is -0.494 e. The van der Waals surface area contributed by atoms with Crippen molar-refractivity contribution in [2.75, 3.05) is 25.4 Å². The average Bonchev–Trinajstić information content (AvgIpc) is 3.27. The molecule has 0 fully saturated rings. The van der Waals surface area contributed by atoms with Gasteiger partial charge in [-0.15, -0.1) is 0 Å². The van der Waals surface area contributed by atoms with E-state index >= 15 is 0 Å². The molecule has 0 amide bonds. The highest BCUT2D eigenvalue weighted by atomic mass is 16.5. The summed E-state index contributed by atoms with van der Waals surface area (Å²) >= 11 is 0. The van der Waals surface area contributed by atoms with Crippen molar-refractivity contribution >= 4 is 22.4 Å². The van der Waals surface area contributed by atoms with Gasteiger partial charge in [0.15, 0.2) is 5.78 Å². The summed E-state index contributed by atoms with van der Waals surface area (Å²) in [6, 6.07) is 13.6. The number of aryl methyl sites for hydroxylation is 1. The highest BCUT2D eigenvalue weighted by Crippen LogP contribution is 2.31. The number of carbonyl (C=O) groups excluding carboxylic acids is 1. The lowest BCUT2D eigenvalue weighted by atomic mass is 9.98. The molecule has 0 saturated carbocycles. The van der Waals surface area contributed by atoms with Gasteiger partial charge in [-0.05, 0) is 87.7 Å². The third-order valence-corrected chi connectivity index (χ3v) is 7.19. The van der Waals surface area contributed by atoms with Gasteiger partial charge in [-0.2, -0.15) is 0 Å². The Hall–Kier alpha value is -2.79. The fourth-order valence-corrected chi connectivity index (χ4v) is 4.93. The molecular weight excluding hydrogens is 460 g/mol. The Bertz CT molecular complexity index is 1100. The molecule has 0 saturated heterocycles. The topological polar surface area (TPSA) is 68.7 Å². The van der Waals surface area contributed by atoms with Crippen LogP contribution in [-0.4, -0.2) is 36.4 Å². The van der Waals surface area contributed by atoms with Crippen molar-refractivity contribution in [1.29, 1.82) is 0 Å². The molecule has 3 aromatic rings. The van der Waals surface area contributed by atoms with E-state index in [1.165, 1.54) is 38.8 Å². The summed E-state index contributed by atoms with van der Waals surface area (Å²) in [5, 5.41) is 0.790. The monoisotopic (exact) mass is 506 g/mol. The van der Waals surface area contributed by atoms with Crippen LogP contribution in [0.2, 0.25) is 0 Å². The molecular formula is C32H46N2O3. The maximum Gasteiger partial charge on any atom is 0.197 e. The van der Waals surface area contributed by atoms with E-state index in [1.807, 2.05) is 42.5 Å². The number of rotatable bonds is 17. The number of hydrogen-bond acceptors (Lipinski definition) is 5. The van der Waals surface area contributed by atoms with Crippen molar-refractivity contribution in [2.24, 2.45) is 0 Å². The molecule has 1 heterocycles. The molecule has 1 atom stereocenters. The fraction of sp³-hybridized carbons (Fsp3) is 0.531. The predicted molar refractivity (Wildman–Crippen MR) is 155 cm³/mol. The number of fused-ring (bicyclic) bond motifs is 1. The van der Waals surface area contributed by atoms with Gasteiger partial charge in [0, 0.05) is 29.1 Å². The largest absolute Gasteiger partial charge is 0.494 e. The highest BCUT2D eigenvalue weighted by molar-refractivity contribution is 6.17. The summed E-state index contributed by atoms with van der Waals surface area (Å²) in [6.45, 7) is 11.9. The third kappa shape index (κ3) is 7.85. The molecule has 5 nitrogen and oxygen atoms in total. The van der Waals surface area contributed by atoms with E-state index in [0.29, 0.717) is 35.0 Å². The maximum atomic E-state index is 13.6. The molecule has 202 valence electrons. The van der Waals surface area contributed by atoms with Crippen molar-refractivity contribution < 1.29 is 13.9 Å². The summed E-state index contributed by atoms with van der Waals surface area (Å²) in [6.07, 6.45) is 9.82. The molecule has 0 aliphatic rings. The van der Waals surface area contributed by atoms with Gasteiger partial charge in [-0.1, -0.05) is 47.0 Å². The predicted octanol–water partition coefficient (Wildman–Crippen LogP) is 8.04. The Kier molecular flexibility index (Phi) is 11.5. The molecule has 1 aromatic heterocycles. The van der Waals surface area contributed by atoms with Crippen LogP contribution in [0.25, 0.3) is 11.0 Å². The van der Waals surface area contributed by atoms with E-state index in [0.717, 1.165) is 49.0 Å². The number of anilines is 1. The summed E-state index contributed by atoms with van der Waals surface area (Å²) in [5.41, 5.74) is 8.63. The normalized spacial score (nSPS) is 12.4. The SMILES string of the molecule is CCCCc1oc2ccc(N)cc2c1C(=O)c1ccc(OCCC(CC)N(CCCC)CCCC)cc1. The zero-order chi connectivity index (χ0) is 26.6. The summed E-state index contributed by atoms with van der Waals surface area (Å²) < 4.78 is 12.2. The van der Waals surface area contributed by atoms with Gasteiger partial charge in [0.05, 0.1) is 12.2 Å². The lowest BCUT2D eigenvalue weighted by Crippen LogP contribution is -2.37. The van der Waals surface area contributed by atoms with Crippen molar-refractivity contribution in [2.45, 2.75) is 91.5 Å². The van der Waals surface area contributed by atoms with Crippen LogP contribution in [0, 0.1) is 0 Å². The van der Waals surface area contributed by atoms with Gasteiger partial charge in [0.1, 0.15) is 17.1 Å². The molecule has 3 rings (SSSR count). The first-order valence-electron chi connectivity index (χ1n) is 14.3. The van der Waals surface area contributed by atoms with Crippen LogP contribution in [0.5, 0.6) is 5.75 Å². The Balaban J connectivity index is 1.67. The molecule has 2 aromatic carbocycles. The van der Waals surface area contributed by atoms with Crippen molar-refractivity contribution in [3.8, 4) is 5.75 Å². The van der Waals surface area contributed by atoms with Gasteiger partial charge in [-0.25, -0.2) is 0 Å². The van der Waals surface area contributed by atoms with Gasteiger partial charge in [0.2, 0.25) is 0 Å². The first-order valence-corrected chi connectivity index (χ1v) is 14.3. The van der Waals surface area contributed by atoms with Gasteiger partial charge >= 0.3 is 0 Å². The van der Waals surface area contributed by atoms with Crippen LogP contribution in [0.1, 0.15) is 101 Å². The molecule has 2 N–H and O–H groups in total. The van der Waals surface area contributed by atoms with Gasteiger partial charge in [0.25, 0.3) is 0 Å². The number of nitrogens with two attached hydrogens (primary N) is 1. The number of benzene rings is 2. The van der Waals surface area contributed by atoms with Crippen LogP contribution in [0.3, 0.4) is 0 Å². The van der Waals surface area contributed by atoms with E-state index in [2.05, 4.69) is 32.6 Å². The lowest BCUT2D eigenvalue weighted by molar-refractivity contribution is 0.103. The number of carbonyl (C=O) groups is 1. The van der Waals surface area contributed by atoms with Gasteiger partial charge in [-0.3, -0.25) is 4.79 Å². The second-order valence-electron chi connectivity index (χ2n) is 10.1. The second-order valence-corrected chi connectivity index (χ2v) is 10.1. The van der Waals surface area contributed by atoms with E-state index in [9.17, 15) is 4.79 Å². The number of hydrogen-bond donors (Lipinski definition) is 1. The van der Waals surface area contributed by atoms with Crippen molar-refractivity contribution in [1.82, 2.24) is 4.90 Å². The van der Waals surface area contributed by atoms with Crippen LogP contribution in [-0.2, 0) is 6.42 Å². The lowest BCUT2D eigenvalue weighted by Gasteiger charge is -2.31. The molecule has 37 heavy (non-hydrogen) atoms. The van der Waals surface area contributed by atoms with E-state index in [1.54, 1.807) is 0 Å². The quantitative estimate of drug-likeness (QED) is 0.148. The zero-order valence-electron chi connectivity index (χ0n) is 23.4. The first-order chi connectivity index (χ1) is 18.0. The summed E-state index contributed by atoms with van der Waals surface area (Å²) in [7, 11) is 0. The minimum absolute atomic E-state index is 0.0319. The summed E-state index contributed by atoms with van der Waals surface area (Å²) in [5.74, 6) is 1.51. The number of unbranched alkanes of at least 4 members (excludes halogenated alkanes) is 3. The van der Waals surface area contributed by atoms with Crippen molar-refractivity contribution in [3.05, 3.63) is 59.4 Å². The number of ether oxygens (including phenoxy) is 1. The fourth-order valence-electron chi connectivity index (χ4n) is 4.93. The molecule has 5 heteroatoms. The Morgan fingerprint density at radius 3 is 2.24 bits per heavy atom. The summed E-state index contributed by atoms with van der Waals surface area (Å²) in [4.78, 5) is 16.2. The van der Waals surface area contributed by atoms with Crippen LogP contribution in [0.15, 0.2) is 46.9 Å². The minimum atomic E-state index is -0.0319. The molecule has 0 aliphatic heterocycles. The third-order valence-electron chi connectivity index (χ3n) is 7.19. The molecule has 0 aliphatic carbocycles. The highest BCUT2D eigenvalue weighted by Gasteiger charge is 2.22. The van der Waals surface area contributed by atoms with Crippen LogP contribution < -0.4 is 10.5 Å². The second kappa shape index (κ2) is 14.8. The maximum absolute atomic E-state index is 13.6. The standard InChI is InChI=1S/C32H46N2O3/c1-5-9-12-30-31(28-23-25(33)15-18-29(28)37-30)32(35)24-13-16-27(17-14-24)36-22-19-26(8-4)34(20-10-6-2)21-11-7-3/h13-18,23,26H,5-12,19-22,33H2,1-4H3. The van der Waals surface area contributed by atoms with E-state index < -0.39 is 0 Å². The first kappa shape index (κ1) is 28.8. The molecule has 1 unspecified atom stereocenters. The molecule has 0 spiro atoms.